The average molecular weight is 246 g/mol. The van der Waals surface area contributed by atoms with Gasteiger partial charge in [-0.25, -0.2) is 0 Å². The smallest absolute Gasteiger partial charge is 0.251 e. The summed E-state index contributed by atoms with van der Waals surface area (Å²) in [6.45, 7) is 2.52. The molecular formula is C15H22N2O. The number of hydrogen-bond donors (Lipinski definition) is 2. The van der Waals surface area contributed by atoms with Crippen molar-refractivity contribution in [2.24, 2.45) is 11.7 Å². The lowest BCUT2D eigenvalue weighted by Crippen LogP contribution is -2.44. The fourth-order valence-electron chi connectivity index (χ4n) is 2.77. The van der Waals surface area contributed by atoms with E-state index >= 15 is 0 Å². The van der Waals surface area contributed by atoms with E-state index in [1.165, 1.54) is 25.7 Å². The first-order valence-electron chi connectivity index (χ1n) is 6.78. The van der Waals surface area contributed by atoms with Gasteiger partial charge in [-0.3, -0.25) is 4.79 Å². The third-order valence-electron chi connectivity index (χ3n) is 3.82. The minimum Gasteiger partial charge on any atom is -0.348 e. The average Bonchev–Trinajstić information content (AvgIpc) is 2.89. The summed E-state index contributed by atoms with van der Waals surface area (Å²) in [5.41, 5.74) is 7.63. The van der Waals surface area contributed by atoms with Crippen LogP contribution in [0.1, 0.15) is 41.6 Å². The minimum atomic E-state index is 0.000972. The zero-order valence-electron chi connectivity index (χ0n) is 11.0. The molecular weight excluding hydrogens is 224 g/mol. The van der Waals surface area contributed by atoms with Crippen molar-refractivity contribution >= 4 is 5.91 Å². The number of aryl methyl sites for hydroxylation is 1. The number of benzene rings is 1. The van der Waals surface area contributed by atoms with Gasteiger partial charge in [0.1, 0.15) is 0 Å². The Morgan fingerprint density at radius 1 is 1.44 bits per heavy atom. The molecule has 3 heteroatoms. The molecule has 1 unspecified atom stereocenters. The van der Waals surface area contributed by atoms with E-state index in [4.69, 9.17) is 5.73 Å². The van der Waals surface area contributed by atoms with Gasteiger partial charge in [0.15, 0.2) is 0 Å². The Morgan fingerprint density at radius 3 is 2.78 bits per heavy atom. The standard InChI is InChI=1S/C15H22N2O/c1-11-5-4-8-13(9-11)15(18)17-14(10-16)12-6-2-3-7-12/h4-5,8-9,12,14H,2-3,6-7,10,16H2,1H3,(H,17,18). The van der Waals surface area contributed by atoms with Crippen molar-refractivity contribution in [2.75, 3.05) is 6.54 Å². The maximum absolute atomic E-state index is 12.2. The summed E-state index contributed by atoms with van der Waals surface area (Å²) in [6, 6.07) is 7.80. The van der Waals surface area contributed by atoms with Gasteiger partial charge in [0.25, 0.3) is 5.91 Å². The van der Waals surface area contributed by atoms with Crippen molar-refractivity contribution in [1.29, 1.82) is 0 Å². The summed E-state index contributed by atoms with van der Waals surface area (Å²) in [4.78, 5) is 12.2. The molecule has 0 aliphatic heterocycles. The molecule has 2 rings (SSSR count). The van der Waals surface area contributed by atoms with Crippen LogP contribution in [0.5, 0.6) is 0 Å². The lowest BCUT2D eigenvalue weighted by Gasteiger charge is -2.23. The normalized spacial score (nSPS) is 17.7. The van der Waals surface area contributed by atoms with Crippen LogP contribution in [0, 0.1) is 12.8 Å². The van der Waals surface area contributed by atoms with Crippen molar-refractivity contribution in [1.82, 2.24) is 5.32 Å². The maximum atomic E-state index is 12.2. The van der Waals surface area contributed by atoms with Crippen LogP contribution in [0.3, 0.4) is 0 Å². The number of amides is 1. The second-order valence-corrected chi connectivity index (χ2v) is 5.23. The highest BCUT2D eigenvalue weighted by atomic mass is 16.1. The Hall–Kier alpha value is -1.35. The van der Waals surface area contributed by atoms with Gasteiger partial charge in [-0.1, -0.05) is 30.5 Å². The molecule has 0 heterocycles. The molecule has 1 aromatic carbocycles. The Morgan fingerprint density at radius 2 is 2.17 bits per heavy atom. The molecule has 1 aliphatic rings. The van der Waals surface area contributed by atoms with Gasteiger partial charge in [0, 0.05) is 18.2 Å². The molecule has 0 radical (unpaired) electrons. The second kappa shape index (κ2) is 6.01. The van der Waals surface area contributed by atoms with E-state index in [-0.39, 0.29) is 11.9 Å². The zero-order valence-corrected chi connectivity index (χ0v) is 11.0. The molecule has 1 amide bonds. The van der Waals surface area contributed by atoms with Crippen LogP contribution < -0.4 is 11.1 Å². The monoisotopic (exact) mass is 246 g/mol. The van der Waals surface area contributed by atoms with E-state index in [0.29, 0.717) is 12.5 Å². The molecule has 3 N–H and O–H groups in total. The molecule has 3 nitrogen and oxygen atoms in total. The van der Waals surface area contributed by atoms with Gasteiger partial charge in [-0.15, -0.1) is 0 Å². The summed E-state index contributed by atoms with van der Waals surface area (Å²) in [5.74, 6) is 0.560. The first-order valence-corrected chi connectivity index (χ1v) is 6.78. The van der Waals surface area contributed by atoms with E-state index in [1.54, 1.807) is 0 Å². The predicted molar refractivity (Wildman–Crippen MR) is 73.4 cm³/mol. The van der Waals surface area contributed by atoms with Crippen LogP contribution in [0.25, 0.3) is 0 Å². The molecule has 0 bridgehead atoms. The van der Waals surface area contributed by atoms with Gasteiger partial charge in [-0.05, 0) is 37.8 Å². The summed E-state index contributed by atoms with van der Waals surface area (Å²) >= 11 is 0. The first kappa shape index (κ1) is 13.1. The summed E-state index contributed by atoms with van der Waals surface area (Å²) < 4.78 is 0. The van der Waals surface area contributed by atoms with Crippen LogP contribution in [0.15, 0.2) is 24.3 Å². The van der Waals surface area contributed by atoms with Crippen LogP contribution >= 0.6 is 0 Å². The largest absolute Gasteiger partial charge is 0.348 e. The second-order valence-electron chi connectivity index (χ2n) is 5.23. The summed E-state index contributed by atoms with van der Waals surface area (Å²) in [7, 11) is 0. The first-order chi connectivity index (χ1) is 8.70. The van der Waals surface area contributed by atoms with Crippen molar-refractivity contribution in [3.05, 3.63) is 35.4 Å². The van der Waals surface area contributed by atoms with Gasteiger partial charge < -0.3 is 11.1 Å². The predicted octanol–water partition coefficient (Wildman–Crippen LogP) is 2.24. The van der Waals surface area contributed by atoms with E-state index in [0.717, 1.165) is 11.1 Å². The van der Waals surface area contributed by atoms with Gasteiger partial charge in [-0.2, -0.15) is 0 Å². The Labute approximate surface area is 109 Å². The molecule has 1 aromatic rings. The molecule has 1 atom stereocenters. The number of carbonyl (C=O) groups is 1. The molecule has 1 aliphatic carbocycles. The number of carbonyl (C=O) groups excluding carboxylic acids is 1. The van der Waals surface area contributed by atoms with Crippen LogP contribution in [-0.4, -0.2) is 18.5 Å². The minimum absolute atomic E-state index is 0.000972. The number of nitrogens with one attached hydrogen (secondary N) is 1. The molecule has 0 aromatic heterocycles. The Bertz CT molecular complexity index is 411. The Balaban J connectivity index is 2.00. The maximum Gasteiger partial charge on any atom is 0.251 e. The Kier molecular flexibility index (Phi) is 4.37. The van der Waals surface area contributed by atoms with E-state index in [9.17, 15) is 4.79 Å². The third kappa shape index (κ3) is 3.10. The molecule has 18 heavy (non-hydrogen) atoms. The lowest BCUT2D eigenvalue weighted by molar-refractivity contribution is 0.0924. The van der Waals surface area contributed by atoms with Crippen molar-refractivity contribution in [3.63, 3.8) is 0 Å². The zero-order chi connectivity index (χ0) is 13.0. The van der Waals surface area contributed by atoms with Crippen molar-refractivity contribution in [3.8, 4) is 0 Å². The van der Waals surface area contributed by atoms with E-state index < -0.39 is 0 Å². The van der Waals surface area contributed by atoms with E-state index in [1.807, 2.05) is 31.2 Å². The van der Waals surface area contributed by atoms with Crippen molar-refractivity contribution < 1.29 is 4.79 Å². The number of nitrogens with two attached hydrogens (primary N) is 1. The topological polar surface area (TPSA) is 55.1 Å². The quantitative estimate of drug-likeness (QED) is 0.856. The van der Waals surface area contributed by atoms with Crippen LogP contribution in [0.4, 0.5) is 0 Å². The highest BCUT2D eigenvalue weighted by molar-refractivity contribution is 5.94. The van der Waals surface area contributed by atoms with Crippen LogP contribution in [0.2, 0.25) is 0 Å². The third-order valence-corrected chi connectivity index (χ3v) is 3.82. The van der Waals surface area contributed by atoms with Crippen LogP contribution in [-0.2, 0) is 0 Å². The summed E-state index contributed by atoms with van der Waals surface area (Å²) in [5, 5.41) is 3.09. The fourth-order valence-corrected chi connectivity index (χ4v) is 2.77. The molecule has 1 fully saturated rings. The molecule has 1 saturated carbocycles. The fraction of sp³-hybridized carbons (Fsp3) is 0.533. The number of hydrogen-bond acceptors (Lipinski definition) is 2. The van der Waals surface area contributed by atoms with Crippen molar-refractivity contribution in [2.45, 2.75) is 38.6 Å². The number of rotatable bonds is 4. The van der Waals surface area contributed by atoms with Gasteiger partial charge in [0.05, 0.1) is 0 Å². The molecule has 0 saturated heterocycles. The van der Waals surface area contributed by atoms with Gasteiger partial charge >= 0.3 is 0 Å². The lowest BCUT2D eigenvalue weighted by atomic mass is 9.97. The van der Waals surface area contributed by atoms with E-state index in [2.05, 4.69) is 5.32 Å². The highest BCUT2D eigenvalue weighted by Crippen LogP contribution is 2.27. The molecule has 0 spiro atoms. The highest BCUT2D eigenvalue weighted by Gasteiger charge is 2.25. The SMILES string of the molecule is Cc1cccc(C(=O)NC(CN)C2CCCC2)c1. The summed E-state index contributed by atoms with van der Waals surface area (Å²) in [6.07, 6.45) is 4.91. The molecule has 98 valence electrons. The van der Waals surface area contributed by atoms with Gasteiger partial charge in [0.2, 0.25) is 0 Å².